The highest BCUT2D eigenvalue weighted by Gasteiger charge is 2.22. The number of carbonyl (C=O) groups excluding carboxylic acids is 1. The summed E-state index contributed by atoms with van der Waals surface area (Å²) in [5.74, 6) is -1.54. The van der Waals surface area contributed by atoms with E-state index in [-0.39, 0.29) is 36.0 Å². The van der Waals surface area contributed by atoms with Gasteiger partial charge in [0.1, 0.15) is 17.3 Å². The standard InChI is InChI=1S/C23H29F2N5O2.C4H10/c1-4-6-15(22-14(3)29-12-19(30-22)23(32)28-9-10-31)21(27)13(2)11-18(26)20-16(24)7-5-8-17(20)25;1-4(2)3/h5,7-8,11-12,15,31H,4,6,9-10,26-27H2,1-3H3,(H,28,32);4H,1-3H3/b18-11-,21-13-;. The number of nitrogens with zero attached hydrogens (tertiary/aromatic N) is 2. The summed E-state index contributed by atoms with van der Waals surface area (Å²) in [6, 6.07) is 3.53. The summed E-state index contributed by atoms with van der Waals surface area (Å²) in [7, 11) is 0. The Bertz CT molecular complexity index is 1060. The summed E-state index contributed by atoms with van der Waals surface area (Å²) in [6.07, 6.45) is 4.17. The zero-order chi connectivity index (χ0) is 27.4. The van der Waals surface area contributed by atoms with Gasteiger partial charge in [-0.1, -0.05) is 40.2 Å². The van der Waals surface area contributed by atoms with Gasteiger partial charge >= 0.3 is 0 Å². The van der Waals surface area contributed by atoms with Crippen molar-refractivity contribution in [2.24, 2.45) is 17.4 Å². The van der Waals surface area contributed by atoms with Crippen LogP contribution in [-0.2, 0) is 0 Å². The number of halogens is 2. The van der Waals surface area contributed by atoms with E-state index in [1.807, 2.05) is 6.92 Å². The van der Waals surface area contributed by atoms with Gasteiger partial charge in [0.15, 0.2) is 0 Å². The molecule has 9 heteroatoms. The van der Waals surface area contributed by atoms with Crippen LogP contribution >= 0.6 is 0 Å². The lowest BCUT2D eigenvalue weighted by Gasteiger charge is -2.20. The van der Waals surface area contributed by atoms with Crippen LogP contribution in [0, 0.1) is 24.5 Å². The molecular formula is C27H39F2N5O2. The van der Waals surface area contributed by atoms with E-state index in [1.165, 1.54) is 18.3 Å². The predicted molar refractivity (Wildman–Crippen MR) is 140 cm³/mol. The van der Waals surface area contributed by atoms with Gasteiger partial charge in [-0.25, -0.2) is 13.8 Å². The fraction of sp³-hybridized carbons (Fsp3) is 0.444. The molecule has 0 radical (unpaired) electrons. The molecule has 36 heavy (non-hydrogen) atoms. The number of nitrogens with two attached hydrogens (primary N) is 2. The van der Waals surface area contributed by atoms with Crippen LogP contribution in [0.1, 0.15) is 80.8 Å². The van der Waals surface area contributed by atoms with Crippen LogP contribution in [0.15, 0.2) is 41.7 Å². The van der Waals surface area contributed by atoms with Crippen LogP contribution in [0.5, 0.6) is 0 Å². The molecule has 1 aromatic carbocycles. The maximum Gasteiger partial charge on any atom is 0.271 e. The summed E-state index contributed by atoms with van der Waals surface area (Å²) in [5, 5.41) is 11.4. The third kappa shape index (κ3) is 9.03. The summed E-state index contributed by atoms with van der Waals surface area (Å²) in [4.78, 5) is 21.0. The first-order valence-corrected chi connectivity index (χ1v) is 12.0. The molecule has 0 aliphatic carbocycles. The highest BCUT2D eigenvalue weighted by Crippen LogP contribution is 2.30. The van der Waals surface area contributed by atoms with Crippen molar-refractivity contribution in [3.05, 3.63) is 76.0 Å². The number of aromatic nitrogens is 2. The molecule has 0 spiro atoms. The fourth-order valence-electron chi connectivity index (χ4n) is 3.33. The van der Waals surface area contributed by atoms with Crippen molar-refractivity contribution >= 4 is 11.6 Å². The molecule has 198 valence electrons. The molecule has 0 fully saturated rings. The Morgan fingerprint density at radius 1 is 1.19 bits per heavy atom. The van der Waals surface area contributed by atoms with E-state index in [1.54, 1.807) is 13.8 Å². The molecule has 0 aliphatic rings. The van der Waals surface area contributed by atoms with Crippen molar-refractivity contribution in [3.63, 3.8) is 0 Å². The van der Waals surface area contributed by atoms with Crippen LogP contribution in [0.4, 0.5) is 8.78 Å². The maximum atomic E-state index is 14.1. The van der Waals surface area contributed by atoms with Crippen molar-refractivity contribution < 1.29 is 18.7 Å². The van der Waals surface area contributed by atoms with E-state index in [0.717, 1.165) is 24.5 Å². The largest absolute Gasteiger partial charge is 0.401 e. The summed E-state index contributed by atoms with van der Waals surface area (Å²) in [6.45, 7) is 11.8. The van der Waals surface area contributed by atoms with E-state index in [0.29, 0.717) is 29.1 Å². The smallest absolute Gasteiger partial charge is 0.271 e. The Morgan fingerprint density at radius 2 is 1.78 bits per heavy atom. The number of amides is 1. The highest BCUT2D eigenvalue weighted by atomic mass is 19.1. The van der Waals surface area contributed by atoms with E-state index < -0.39 is 17.5 Å². The lowest BCUT2D eigenvalue weighted by molar-refractivity contribution is 0.0939. The number of rotatable bonds is 9. The number of nitrogens with one attached hydrogen (secondary N) is 1. The minimum atomic E-state index is -0.765. The summed E-state index contributed by atoms with van der Waals surface area (Å²) >= 11 is 0. The van der Waals surface area contributed by atoms with Gasteiger partial charge in [0.05, 0.1) is 29.8 Å². The van der Waals surface area contributed by atoms with Crippen molar-refractivity contribution in [2.75, 3.05) is 13.2 Å². The van der Waals surface area contributed by atoms with E-state index in [2.05, 4.69) is 36.1 Å². The Labute approximate surface area is 212 Å². The molecular weight excluding hydrogens is 464 g/mol. The second-order valence-corrected chi connectivity index (χ2v) is 9.11. The number of hydrogen-bond donors (Lipinski definition) is 4. The summed E-state index contributed by atoms with van der Waals surface area (Å²) < 4.78 is 28.2. The van der Waals surface area contributed by atoms with Gasteiger partial charge in [0.2, 0.25) is 0 Å². The van der Waals surface area contributed by atoms with Gasteiger partial charge < -0.3 is 21.9 Å². The van der Waals surface area contributed by atoms with Gasteiger partial charge in [-0.05, 0) is 50.0 Å². The Morgan fingerprint density at radius 3 is 2.31 bits per heavy atom. The molecule has 1 atom stereocenters. The van der Waals surface area contributed by atoms with Crippen LogP contribution in [0.3, 0.4) is 0 Å². The molecule has 1 unspecified atom stereocenters. The Balaban J connectivity index is 0.00000150. The lowest BCUT2D eigenvalue weighted by atomic mass is 9.91. The monoisotopic (exact) mass is 503 g/mol. The molecule has 1 amide bonds. The fourth-order valence-corrected chi connectivity index (χ4v) is 3.33. The van der Waals surface area contributed by atoms with Crippen LogP contribution in [0.2, 0.25) is 0 Å². The number of hydrogen-bond acceptors (Lipinski definition) is 6. The SMILES string of the molecule is CC(C)C.CCCC(/C(N)=C(C)/C=C(\N)c1c(F)cccc1F)c1nc(C(=O)NCCO)cnc1C. The average Bonchev–Trinajstić information content (AvgIpc) is 2.80. The predicted octanol–water partition coefficient (Wildman–Crippen LogP) is 4.56. The van der Waals surface area contributed by atoms with E-state index in [4.69, 9.17) is 16.6 Å². The first kappa shape index (κ1) is 30.7. The molecule has 0 bridgehead atoms. The second-order valence-electron chi connectivity index (χ2n) is 9.11. The number of allylic oxidation sites excluding steroid dienone is 3. The molecule has 6 N–H and O–H groups in total. The topological polar surface area (TPSA) is 127 Å². The normalized spacial score (nSPS) is 13.0. The van der Waals surface area contributed by atoms with Crippen LogP contribution < -0.4 is 16.8 Å². The van der Waals surface area contributed by atoms with Crippen molar-refractivity contribution in [3.8, 4) is 0 Å². The molecule has 7 nitrogen and oxygen atoms in total. The van der Waals surface area contributed by atoms with Gasteiger partial charge in [0.25, 0.3) is 5.91 Å². The minimum Gasteiger partial charge on any atom is -0.401 e. The Hall–Kier alpha value is -3.33. The second kappa shape index (κ2) is 14.9. The van der Waals surface area contributed by atoms with Gasteiger partial charge in [-0.2, -0.15) is 0 Å². The van der Waals surface area contributed by atoms with Crippen molar-refractivity contribution in [1.82, 2.24) is 15.3 Å². The molecule has 1 aromatic heterocycles. The van der Waals surface area contributed by atoms with Crippen molar-refractivity contribution in [2.45, 2.75) is 60.3 Å². The van der Waals surface area contributed by atoms with Crippen LogP contribution in [-0.4, -0.2) is 34.1 Å². The lowest BCUT2D eigenvalue weighted by Crippen LogP contribution is -2.28. The van der Waals surface area contributed by atoms with E-state index >= 15 is 0 Å². The average molecular weight is 504 g/mol. The molecule has 0 aliphatic heterocycles. The molecule has 2 rings (SSSR count). The maximum absolute atomic E-state index is 14.1. The van der Waals surface area contributed by atoms with Gasteiger partial charge in [-0.15, -0.1) is 0 Å². The number of benzene rings is 1. The van der Waals surface area contributed by atoms with Crippen LogP contribution in [0.25, 0.3) is 5.70 Å². The Kier molecular flexibility index (Phi) is 12.7. The number of aliphatic hydroxyl groups is 1. The minimum absolute atomic E-state index is 0.0868. The van der Waals surface area contributed by atoms with Crippen molar-refractivity contribution in [1.29, 1.82) is 0 Å². The van der Waals surface area contributed by atoms with Gasteiger partial charge in [0, 0.05) is 23.9 Å². The molecule has 1 heterocycles. The zero-order valence-electron chi connectivity index (χ0n) is 22.0. The van der Waals surface area contributed by atoms with E-state index in [9.17, 15) is 13.6 Å². The molecule has 0 saturated heterocycles. The quantitative estimate of drug-likeness (QED) is 0.372. The third-order valence-corrected chi connectivity index (χ3v) is 4.98. The number of aliphatic hydroxyl groups excluding tert-OH is 1. The van der Waals surface area contributed by atoms with Gasteiger partial charge in [-0.3, -0.25) is 9.78 Å². The third-order valence-electron chi connectivity index (χ3n) is 4.98. The summed E-state index contributed by atoms with van der Waals surface area (Å²) in [5.41, 5.74) is 14.2. The number of carbonyl (C=O) groups is 1. The zero-order valence-corrected chi connectivity index (χ0v) is 22.0. The first-order valence-electron chi connectivity index (χ1n) is 12.0. The highest BCUT2D eigenvalue weighted by molar-refractivity contribution is 5.92. The molecule has 0 saturated carbocycles. The number of aryl methyl sites for hydroxylation is 1. The first-order chi connectivity index (χ1) is 16.9. The molecule has 2 aromatic rings.